The molecule has 8 heteroatoms. The molecule has 174 valence electrons. The number of benzene rings is 1. The highest BCUT2D eigenvalue weighted by Gasteiger charge is 2.18. The van der Waals surface area contributed by atoms with E-state index >= 15 is 0 Å². The fraction of sp³-hybridized carbons (Fsp3) is 0.360. The molecule has 0 aliphatic carbocycles. The quantitative estimate of drug-likeness (QED) is 0.409. The first-order chi connectivity index (χ1) is 16.2. The molecular formula is C25H32FN7. The van der Waals surface area contributed by atoms with Gasteiger partial charge in [0.2, 0.25) is 0 Å². The minimum atomic E-state index is -0.200. The summed E-state index contributed by atoms with van der Waals surface area (Å²) in [7, 11) is 0. The van der Waals surface area contributed by atoms with Gasteiger partial charge in [0.15, 0.2) is 5.96 Å². The Kier molecular flexibility index (Phi) is 7.79. The summed E-state index contributed by atoms with van der Waals surface area (Å²) >= 11 is 0. The van der Waals surface area contributed by atoms with Gasteiger partial charge in [-0.3, -0.25) is 0 Å². The van der Waals surface area contributed by atoms with E-state index in [1.165, 1.54) is 12.1 Å². The number of nitrogens with one attached hydrogen (secondary N) is 2. The summed E-state index contributed by atoms with van der Waals surface area (Å²) in [6.07, 6.45) is 5.98. The standard InChI is InChI=1S/C25H32FN7/c1-2-27-25(29-11-14-31-12-3-4-13-31)30-20-21-9-10-28-24(19-21)33-17-15-32(16-18-33)23-7-5-22(26)6-8-23/h3-10,12-13,19H,2,11,14-18,20H2,1H3,(H2,27,29,30). The van der Waals surface area contributed by atoms with E-state index in [4.69, 9.17) is 4.99 Å². The Bertz CT molecular complexity index is 1010. The zero-order valence-electron chi connectivity index (χ0n) is 19.1. The van der Waals surface area contributed by atoms with Crippen LogP contribution >= 0.6 is 0 Å². The van der Waals surface area contributed by atoms with Crippen LogP contribution in [0.25, 0.3) is 0 Å². The number of anilines is 2. The zero-order chi connectivity index (χ0) is 22.9. The van der Waals surface area contributed by atoms with Crippen LogP contribution in [0.15, 0.2) is 72.1 Å². The van der Waals surface area contributed by atoms with Crippen molar-refractivity contribution >= 4 is 17.5 Å². The van der Waals surface area contributed by atoms with E-state index in [-0.39, 0.29) is 5.82 Å². The second kappa shape index (κ2) is 11.4. The van der Waals surface area contributed by atoms with E-state index in [0.29, 0.717) is 6.54 Å². The minimum Gasteiger partial charge on any atom is -0.368 e. The van der Waals surface area contributed by atoms with Crippen molar-refractivity contribution in [2.45, 2.75) is 20.0 Å². The van der Waals surface area contributed by atoms with Crippen LogP contribution in [0.4, 0.5) is 15.9 Å². The Balaban J connectivity index is 1.31. The number of nitrogens with zero attached hydrogens (tertiary/aromatic N) is 5. The first-order valence-electron chi connectivity index (χ1n) is 11.5. The summed E-state index contributed by atoms with van der Waals surface area (Å²) in [6, 6.07) is 14.9. The molecule has 7 nitrogen and oxygen atoms in total. The number of guanidine groups is 1. The second-order valence-electron chi connectivity index (χ2n) is 8.02. The third-order valence-corrected chi connectivity index (χ3v) is 5.70. The molecular weight excluding hydrogens is 417 g/mol. The third kappa shape index (κ3) is 6.47. The molecule has 3 heterocycles. The van der Waals surface area contributed by atoms with E-state index in [1.54, 1.807) is 0 Å². The van der Waals surface area contributed by atoms with E-state index in [1.807, 2.05) is 36.5 Å². The molecule has 1 aliphatic rings. The summed E-state index contributed by atoms with van der Waals surface area (Å²) in [5.41, 5.74) is 2.19. The Morgan fingerprint density at radius 2 is 1.73 bits per heavy atom. The van der Waals surface area contributed by atoms with Crippen molar-refractivity contribution in [2.24, 2.45) is 4.99 Å². The second-order valence-corrected chi connectivity index (χ2v) is 8.02. The third-order valence-electron chi connectivity index (χ3n) is 5.70. The highest BCUT2D eigenvalue weighted by molar-refractivity contribution is 5.79. The lowest BCUT2D eigenvalue weighted by Gasteiger charge is -2.36. The fourth-order valence-electron chi connectivity index (χ4n) is 3.91. The van der Waals surface area contributed by atoms with Gasteiger partial charge >= 0.3 is 0 Å². The molecule has 4 rings (SSSR count). The molecule has 0 saturated carbocycles. The van der Waals surface area contributed by atoms with Crippen LogP contribution < -0.4 is 20.4 Å². The van der Waals surface area contributed by atoms with Gasteiger partial charge in [0, 0.05) is 70.1 Å². The Morgan fingerprint density at radius 1 is 1.00 bits per heavy atom. The van der Waals surface area contributed by atoms with Crippen molar-refractivity contribution in [1.82, 2.24) is 20.2 Å². The number of aliphatic imine (C=N–C) groups is 1. The van der Waals surface area contributed by atoms with E-state index in [2.05, 4.69) is 55.4 Å². The number of hydrogen-bond donors (Lipinski definition) is 2. The first kappa shape index (κ1) is 22.6. The SMILES string of the molecule is CCNC(=NCc1ccnc(N2CCN(c3ccc(F)cc3)CC2)c1)NCCn1cccc1. The fourth-order valence-corrected chi connectivity index (χ4v) is 3.91. The van der Waals surface area contributed by atoms with Crippen molar-refractivity contribution in [1.29, 1.82) is 0 Å². The van der Waals surface area contributed by atoms with Crippen LogP contribution in [0, 0.1) is 5.82 Å². The molecule has 1 aromatic carbocycles. The van der Waals surface area contributed by atoms with Gasteiger partial charge < -0.3 is 25.0 Å². The average Bonchev–Trinajstić information content (AvgIpc) is 3.37. The maximum absolute atomic E-state index is 13.2. The topological polar surface area (TPSA) is 60.7 Å². The Labute approximate surface area is 195 Å². The molecule has 0 atom stereocenters. The summed E-state index contributed by atoms with van der Waals surface area (Å²) < 4.78 is 15.3. The monoisotopic (exact) mass is 449 g/mol. The van der Waals surface area contributed by atoms with Gasteiger partial charge in [-0.05, 0) is 61.0 Å². The maximum Gasteiger partial charge on any atom is 0.191 e. The van der Waals surface area contributed by atoms with Gasteiger partial charge in [0.1, 0.15) is 11.6 Å². The minimum absolute atomic E-state index is 0.200. The maximum atomic E-state index is 13.2. The summed E-state index contributed by atoms with van der Waals surface area (Å²) in [5, 5.41) is 6.70. The Hall–Kier alpha value is -3.55. The zero-order valence-corrected chi connectivity index (χ0v) is 19.1. The van der Waals surface area contributed by atoms with E-state index < -0.39 is 0 Å². The molecule has 1 fully saturated rings. The van der Waals surface area contributed by atoms with Crippen molar-refractivity contribution in [3.8, 4) is 0 Å². The molecule has 1 saturated heterocycles. The van der Waals surface area contributed by atoms with Crippen LogP contribution in [0.1, 0.15) is 12.5 Å². The van der Waals surface area contributed by atoms with Crippen LogP contribution in [0.2, 0.25) is 0 Å². The predicted molar refractivity (Wildman–Crippen MR) is 132 cm³/mol. The molecule has 3 aromatic rings. The smallest absolute Gasteiger partial charge is 0.191 e. The van der Waals surface area contributed by atoms with Gasteiger partial charge in [-0.25, -0.2) is 14.4 Å². The number of aromatic nitrogens is 2. The molecule has 0 unspecified atom stereocenters. The van der Waals surface area contributed by atoms with Gasteiger partial charge in [-0.2, -0.15) is 0 Å². The van der Waals surface area contributed by atoms with Crippen molar-refractivity contribution in [2.75, 3.05) is 49.1 Å². The summed E-state index contributed by atoms with van der Waals surface area (Å²) in [4.78, 5) is 13.9. The van der Waals surface area contributed by atoms with Gasteiger partial charge in [-0.15, -0.1) is 0 Å². The molecule has 0 bridgehead atoms. The molecule has 33 heavy (non-hydrogen) atoms. The molecule has 2 N–H and O–H groups in total. The van der Waals surface area contributed by atoms with Crippen LogP contribution in [-0.4, -0.2) is 54.8 Å². The molecule has 1 aliphatic heterocycles. The number of piperazine rings is 1. The molecule has 0 radical (unpaired) electrons. The highest BCUT2D eigenvalue weighted by Crippen LogP contribution is 2.20. The lowest BCUT2D eigenvalue weighted by atomic mass is 10.2. The van der Waals surface area contributed by atoms with Crippen molar-refractivity contribution in [3.63, 3.8) is 0 Å². The number of rotatable bonds is 8. The van der Waals surface area contributed by atoms with Gasteiger partial charge in [0.25, 0.3) is 0 Å². The number of pyridine rings is 1. The first-order valence-corrected chi connectivity index (χ1v) is 11.5. The largest absolute Gasteiger partial charge is 0.368 e. The molecule has 2 aromatic heterocycles. The van der Waals surface area contributed by atoms with Crippen molar-refractivity contribution in [3.05, 3.63) is 78.5 Å². The molecule has 0 spiro atoms. The van der Waals surface area contributed by atoms with E-state index in [0.717, 1.165) is 68.8 Å². The normalized spacial score (nSPS) is 14.4. The predicted octanol–water partition coefficient (Wildman–Crippen LogP) is 3.10. The van der Waals surface area contributed by atoms with Gasteiger partial charge in [0.05, 0.1) is 6.54 Å². The summed E-state index contributed by atoms with van der Waals surface area (Å²) in [6.45, 7) is 8.68. The van der Waals surface area contributed by atoms with Crippen LogP contribution in [-0.2, 0) is 13.1 Å². The Morgan fingerprint density at radius 3 is 2.45 bits per heavy atom. The lowest BCUT2D eigenvalue weighted by molar-refractivity contribution is 0.624. The molecule has 0 amide bonds. The van der Waals surface area contributed by atoms with Crippen LogP contribution in [0.5, 0.6) is 0 Å². The average molecular weight is 450 g/mol. The lowest BCUT2D eigenvalue weighted by Crippen LogP contribution is -2.46. The summed E-state index contributed by atoms with van der Waals surface area (Å²) in [5.74, 6) is 1.59. The number of hydrogen-bond acceptors (Lipinski definition) is 4. The van der Waals surface area contributed by atoms with Crippen LogP contribution in [0.3, 0.4) is 0 Å². The number of halogens is 1. The van der Waals surface area contributed by atoms with Gasteiger partial charge in [-0.1, -0.05) is 0 Å². The van der Waals surface area contributed by atoms with Crippen molar-refractivity contribution < 1.29 is 4.39 Å². The van der Waals surface area contributed by atoms with E-state index in [9.17, 15) is 4.39 Å². The highest BCUT2D eigenvalue weighted by atomic mass is 19.1.